The lowest BCUT2D eigenvalue weighted by atomic mass is 9.86. The first kappa shape index (κ1) is 17.0. The zero-order chi connectivity index (χ0) is 19.2. The number of nitrogens with one attached hydrogen (secondary N) is 2. The summed E-state index contributed by atoms with van der Waals surface area (Å²) in [5.41, 5.74) is 3.11. The van der Waals surface area contributed by atoms with Crippen LogP contribution < -0.4 is 10.6 Å². The Bertz CT molecular complexity index is 1050. The van der Waals surface area contributed by atoms with Gasteiger partial charge >= 0.3 is 0 Å². The first-order valence-electron chi connectivity index (χ1n) is 8.72. The highest BCUT2D eigenvalue weighted by molar-refractivity contribution is 6.09. The molecule has 1 aliphatic heterocycles. The molecule has 6 heteroatoms. The zero-order valence-corrected chi connectivity index (χ0v) is 15.4. The van der Waals surface area contributed by atoms with Crippen LogP contribution in [0.1, 0.15) is 29.8 Å². The second-order valence-electron chi connectivity index (χ2n) is 7.21. The van der Waals surface area contributed by atoms with Gasteiger partial charge in [0.2, 0.25) is 5.91 Å². The molecule has 6 nitrogen and oxygen atoms in total. The number of anilines is 2. The van der Waals surface area contributed by atoms with Crippen LogP contribution in [0.25, 0.3) is 11.3 Å². The van der Waals surface area contributed by atoms with Crippen molar-refractivity contribution in [3.8, 4) is 11.3 Å². The zero-order valence-electron chi connectivity index (χ0n) is 15.4. The van der Waals surface area contributed by atoms with Gasteiger partial charge in [0.1, 0.15) is 11.5 Å². The van der Waals surface area contributed by atoms with E-state index in [1.54, 1.807) is 23.0 Å². The van der Waals surface area contributed by atoms with Gasteiger partial charge < -0.3 is 15.2 Å². The van der Waals surface area contributed by atoms with Gasteiger partial charge in [-0.15, -0.1) is 0 Å². The average Bonchev–Trinajstić information content (AvgIpc) is 3.12. The number of aromatic nitrogens is 2. The van der Waals surface area contributed by atoms with E-state index in [2.05, 4.69) is 15.6 Å². The molecule has 0 unspecified atom stereocenters. The maximum atomic E-state index is 12.8. The Morgan fingerprint density at radius 1 is 1.15 bits per heavy atom. The fourth-order valence-corrected chi connectivity index (χ4v) is 3.30. The fourth-order valence-electron chi connectivity index (χ4n) is 3.30. The predicted molar refractivity (Wildman–Crippen MR) is 105 cm³/mol. The number of carbonyl (C=O) groups is 2. The lowest BCUT2D eigenvalue weighted by Gasteiger charge is -2.15. The van der Waals surface area contributed by atoms with Crippen LogP contribution in [0, 0.1) is 0 Å². The van der Waals surface area contributed by atoms with Gasteiger partial charge in [0, 0.05) is 23.9 Å². The van der Waals surface area contributed by atoms with Crippen LogP contribution in [0.15, 0.2) is 54.9 Å². The molecule has 0 saturated carbocycles. The molecule has 2 amide bonds. The molecule has 2 aromatic carbocycles. The van der Waals surface area contributed by atoms with Crippen molar-refractivity contribution in [1.29, 1.82) is 0 Å². The van der Waals surface area contributed by atoms with Gasteiger partial charge in [0.05, 0.1) is 11.7 Å². The van der Waals surface area contributed by atoms with E-state index in [1.165, 1.54) is 0 Å². The monoisotopic (exact) mass is 360 g/mol. The van der Waals surface area contributed by atoms with Gasteiger partial charge in [0.25, 0.3) is 5.91 Å². The normalized spacial score (nSPS) is 14.6. The third kappa shape index (κ3) is 2.79. The first-order valence-corrected chi connectivity index (χ1v) is 8.72. The van der Waals surface area contributed by atoms with Gasteiger partial charge in [-0.2, -0.15) is 0 Å². The largest absolute Gasteiger partial charge is 0.325 e. The van der Waals surface area contributed by atoms with E-state index in [1.807, 2.05) is 57.3 Å². The number of amides is 2. The molecule has 1 aliphatic rings. The summed E-state index contributed by atoms with van der Waals surface area (Å²) in [6, 6.07) is 15.0. The SMILES string of the molecule is Cn1cnc(-c2ccccc2)c1NC(=O)c1ccc2c(c1)NC(=O)C2(C)C. The van der Waals surface area contributed by atoms with Crippen molar-refractivity contribution in [2.24, 2.45) is 7.05 Å². The number of imidazole rings is 1. The van der Waals surface area contributed by atoms with Crippen LogP contribution in [-0.2, 0) is 17.3 Å². The molecule has 4 rings (SSSR count). The molecule has 2 N–H and O–H groups in total. The summed E-state index contributed by atoms with van der Waals surface area (Å²) in [5.74, 6) is 0.307. The molecule has 2 heterocycles. The molecule has 27 heavy (non-hydrogen) atoms. The van der Waals surface area contributed by atoms with Crippen molar-refractivity contribution in [3.05, 3.63) is 66.0 Å². The maximum Gasteiger partial charge on any atom is 0.256 e. The minimum atomic E-state index is -0.590. The molecule has 0 saturated heterocycles. The third-order valence-corrected chi connectivity index (χ3v) is 4.99. The van der Waals surface area contributed by atoms with Gasteiger partial charge in [-0.05, 0) is 31.5 Å². The molecular weight excluding hydrogens is 340 g/mol. The van der Waals surface area contributed by atoms with E-state index < -0.39 is 5.41 Å². The Morgan fingerprint density at radius 2 is 1.89 bits per heavy atom. The summed E-state index contributed by atoms with van der Waals surface area (Å²) >= 11 is 0. The van der Waals surface area contributed by atoms with Gasteiger partial charge in [-0.25, -0.2) is 4.98 Å². The molecule has 0 spiro atoms. The number of rotatable bonds is 3. The number of fused-ring (bicyclic) bond motifs is 1. The molecule has 0 radical (unpaired) electrons. The molecule has 0 bridgehead atoms. The van der Waals surface area contributed by atoms with E-state index in [0.29, 0.717) is 22.8 Å². The molecular formula is C21H20N4O2. The number of carbonyl (C=O) groups excluding carboxylic acids is 2. The van der Waals surface area contributed by atoms with Crippen molar-refractivity contribution >= 4 is 23.3 Å². The highest BCUT2D eigenvalue weighted by atomic mass is 16.2. The summed E-state index contributed by atoms with van der Waals surface area (Å²) in [5, 5.41) is 5.80. The second kappa shape index (κ2) is 6.09. The summed E-state index contributed by atoms with van der Waals surface area (Å²) in [4.78, 5) is 29.3. The van der Waals surface area contributed by atoms with E-state index in [4.69, 9.17) is 0 Å². The van der Waals surface area contributed by atoms with Crippen LogP contribution in [0.3, 0.4) is 0 Å². The Balaban J connectivity index is 1.64. The molecule has 3 aromatic rings. The second-order valence-corrected chi connectivity index (χ2v) is 7.21. The first-order chi connectivity index (χ1) is 12.9. The van der Waals surface area contributed by atoms with E-state index in [9.17, 15) is 9.59 Å². The number of nitrogens with zero attached hydrogens (tertiary/aromatic N) is 2. The summed E-state index contributed by atoms with van der Waals surface area (Å²) in [7, 11) is 1.83. The topological polar surface area (TPSA) is 76.0 Å². The average molecular weight is 360 g/mol. The van der Waals surface area contributed by atoms with Crippen molar-refractivity contribution in [1.82, 2.24) is 9.55 Å². The van der Waals surface area contributed by atoms with Gasteiger partial charge in [0.15, 0.2) is 0 Å². The molecule has 1 aromatic heterocycles. The minimum absolute atomic E-state index is 0.0620. The molecule has 0 fully saturated rings. The predicted octanol–water partition coefficient (Wildman–Crippen LogP) is 3.57. The van der Waals surface area contributed by atoms with Crippen LogP contribution in [0.4, 0.5) is 11.5 Å². The van der Waals surface area contributed by atoms with E-state index in [-0.39, 0.29) is 11.8 Å². The maximum absolute atomic E-state index is 12.8. The van der Waals surface area contributed by atoms with Gasteiger partial charge in [-0.3, -0.25) is 9.59 Å². The smallest absolute Gasteiger partial charge is 0.256 e. The van der Waals surface area contributed by atoms with Crippen molar-refractivity contribution in [3.63, 3.8) is 0 Å². The number of benzene rings is 2. The summed E-state index contributed by atoms with van der Waals surface area (Å²) < 4.78 is 1.78. The fraction of sp³-hybridized carbons (Fsp3) is 0.190. The Kier molecular flexibility index (Phi) is 3.84. The number of hydrogen-bond donors (Lipinski definition) is 2. The number of hydrogen-bond acceptors (Lipinski definition) is 3. The van der Waals surface area contributed by atoms with Crippen LogP contribution in [0.5, 0.6) is 0 Å². The standard InChI is InChI=1S/C21H20N4O2/c1-21(2)15-10-9-14(11-16(15)23-20(21)27)19(26)24-18-17(22-12-25(18)3)13-7-5-4-6-8-13/h4-12H,1-3H3,(H,23,27)(H,24,26). The number of aryl methyl sites for hydroxylation is 1. The lowest BCUT2D eigenvalue weighted by molar-refractivity contribution is -0.119. The molecule has 0 atom stereocenters. The minimum Gasteiger partial charge on any atom is -0.325 e. The van der Waals surface area contributed by atoms with Crippen molar-refractivity contribution in [2.75, 3.05) is 10.6 Å². The summed E-state index contributed by atoms with van der Waals surface area (Å²) in [6.07, 6.45) is 1.67. The Hall–Kier alpha value is -3.41. The van der Waals surface area contributed by atoms with E-state index in [0.717, 1.165) is 11.1 Å². The Morgan fingerprint density at radius 3 is 2.63 bits per heavy atom. The lowest BCUT2D eigenvalue weighted by Crippen LogP contribution is -2.26. The molecule has 136 valence electrons. The van der Waals surface area contributed by atoms with Crippen molar-refractivity contribution < 1.29 is 9.59 Å². The highest BCUT2D eigenvalue weighted by Crippen LogP contribution is 2.37. The third-order valence-electron chi connectivity index (χ3n) is 4.99. The van der Waals surface area contributed by atoms with Crippen LogP contribution >= 0.6 is 0 Å². The Labute approximate surface area is 157 Å². The van der Waals surface area contributed by atoms with Crippen LogP contribution in [-0.4, -0.2) is 21.4 Å². The summed E-state index contributed by atoms with van der Waals surface area (Å²) in [6.45, 7) is 3.74. The highest BCUT2D eigenvalue weighted by Gasteiger charge is 2.38. The van der Waals surface area contributed by atoms with Crippen molar-refractivity contribution in [2.45, 2.75) is 19.3 Å². The molecule has 0 aliphatic carbocycles. The quantitative estimate of drug-likeness (QED) is 0.750. The van der Waals surface area contributed by atoms with Gasteiger partial charge in [-0.1, -0.05) is 36.4 Å². The van der Waals surface area contributed by atoms with E-state index >= 15 is 0 Å². The van der Waals surface area contributed by atoms with Crippen LogP contribution in [0.2, 0.25) is 0 Å².